The molecule has 1 N–H and O–H groups in total. The fourth-order valence-corrected chi connectivity index (χ4v) is 3.98. The third-order valence-electron chi connectivity index (χ3n) is 4.44. The van der Waals surface area contributed by atoms with Gasteiger partial charge in [-0.3, -0.25) is 9.59 Å². The number of para-hydroxylation sites is 1. The molecule has 4 nitrogen and oxygen atoms in total. The summed E-state index contributed by atoms with van der Waals surface area (Å²) in [6.45, 7) is 5.63. The van der Waals surface area contributed by atoms with Crippen molar-refractivity contribution in [2.75, 3.05) is 11.1 Å². The molecule has 148 valence electrons. The number of Topliss-reactive ketones (excluding diaryl/α,β-unsaturated/α-hetero) is 1. The predicted octanol–water partition coefficient (Wildman–Crippen LogP) is 5.37. The van der Waals surface area contributed by atoms with E-state index in [2.05, 4.69) is 10.3 Å². The predicted molar refractivity (Wildman–Crippen MR) is 114 cm³/mol. The van der Waals surface area contributed by atoms with Gasteiger partial charge in [0.2, 0.25) is 0 Å². The molecule has 0 aliphatic heterocycles. The zero-order valence-corrected chi connectivity index (χ0v) is 17.3. The average Bonchev–Trinajstić information content (AvgIpc) is 2.68. The molecule has 29 heavy (non-hydrogen) atoms. The van der Waals surface area contributed by atoms with Crippen molar-refractivity contribution in [2.24, 2.45) is 0 Å². The standard InChI is InChI=1S/C23H21FN2O2S/c1-14-6-4-5-7-19(14)26-22(28)21-15(2)12-16(3)25-23(21)29-13-20(27)17-8-10-18(24)11-9-17/h4-12H,13H2,1-3H3,(H,26,28). The molecule has 0 spiro atoms. The van der Waals surface area contributed by atoms with Gasteiger partial charge in [0.05, 0.1) is 11.3 Å². The number of nitrogens with zero attached hydrogens (tertiary/aromatic N) is 1. The first-order valence-electron chi connectivity index (χ1n) is 9.12. The summed E-state index contributed by atoms with van der Waals surface area (Å²) in [4.78, 5) is 29.9. The summed E-state index contributed by atoms with van der Waals surface area (Å²) < 4.78 is 13.1. The molecule has 0 fully saturated rings. The second-order valence-electron chi connectivity index (χ2n) is 6.75. The molecule has 0 aliphatic rings. The van der Waals surface area contributed by atoms with E-state index in [1.54, 1.807) is 0 Å². The van der Waals surface area contributed by atoms with Crippen molar-refractivity contribution in [2.45, 2.75) is 25.8 Å². The Bertz CT molecular complexity index is 1060. The van der Waals surface area contributed by atoms with Crippen LogP contribution in [0.4, 0.5) is 10.1 Å². The van der Waals surface area contributed by atoms with Gasteiger partial charge < -0.3 is 5.32 Å². The molecule has 0 saturated carbocycles. The van der Waals surface area contributed by atoms with Gasteiger partial charge in [0.1, 0.15) is 10.8 Å². The van der Waals surface area contributed by atoms with Gasteiger partial charge in [-0.1, -0.05) is 30.0 Å². The van der Waals surface area contributed by atoms with Crippen LogP contribution in [0.3, 0.4) is 0 Å². The molecule has 0 radical (unpaired) electrons. The van der Waals surface area contributed by atoms with Crippen LogP contribution in [0.15, 0.2) is 59.6 Å². The van der Waals surface area contributed by atoms with Gasteiger partial charge >= 0.3 is 0 Å². The fourth-order valence-electron chi connectivity index (χ4n) is 2.93. The number of aromatic nitrogens is 1. The number of pyridine rings is 1. The first kappa shape index (κ1) is 20.7. The molecule has 0 bridgehead atoms. The van der Waals surface area contributed by atoms with Gasteiger partial charge in [0.15, 0.2) is 5.78 Å². The van der Waals surface area contributed by atoms with Gasteiger partial charge in [0.25, 0.3) is 5.91 Å². The SMILES string of the molecule is Cc1cc(C)c(C(=O)Nc2ccccc2C)c(SCC(=O)c2ccc(F)cc2)n1. The van der Waals surface area contributed by atoms with Crippen molar-refractivity contribution in [3.8, 4) is 0 Å². The summed E-state index contributed by atoms with van der Waals surface area (Å²) in [6.07, 6.45) is 0. The number of benzene rings is 2. The molecule has 1 heterocycles. The minimum atomic E-state index is -0.389. The van der Waals surface area contributed by atoms with E-state index in [0.717, 1.165) is 22.5 Å². The molecule has 1 aromatic heterocycles. The van der Waals surface area contributed by atoms with Crippen molar-refractivity contribution >= 4 is 29.1 Å². The van der Waals surface area contributed by atoms with Crippen molar-refractivity contribution in [3.05, 3.63) is 88.4 Å². The number of ketones is 1. The topological polar surface area (TPSA) is 59.1 Å². The van der Waals surface area contributed by atoms with E-state index in [0.29, 0.717) is 16.2 Å². The second-order valence-corrected chi connectivity index (χ2v) is 7.71. The normalized spacial score (nSPS) is 10.6. The van der Waals surface area contributed by atoms with Crippen LogP contribution < -0.4 is 5.32 Å². The highest BCUT2D eigenvalue weighted by molar-refractivity contribution is 8.00. The Morgan fingerprint density at radius 2 is 1.69 bits per heavy atom. The molecular weight excluding hydrogens is 387 g/mol. The lowest BCUT2D eigenvalue weighted by atomic mass is 10.1. The maximum atomic E-state index is 13.1. The van der Waals surface area contributed by atoms with Crippen molar-refractivity contribution in [1.29, 1.82) is 0 Å². The van der Waals surface area contributed by atoms with Gasteiger partial charge in [-0.25, -0.2) is 9.37 Å². The van der Waals surface area contributed by atoms with E-state index >= 15 is 0 Å². The Morgan fingerprint density at radius 1 is 1.00 bits per heavy atom. The van der Waals surface area contributed by atoms with Crippen LogP contribution in [0.1, 0.15) is 37.5 Å². The molecule has 0 unspecified atom stereocenters. The van der Waals surface area contributed by atoms with Crippen LogP contribution >= 0.6 is 11.8 Å². The van der Waals surface area contributed by atoms with E-state index in [-0.39, 0.29) is 23.3 Å². The number of hydrogen-bond acceptors (Lipinski definition) is 4. The number of carbonyl (C=O) groups excluding carboxylic acids is 2. The molecule has 0 aliphatic carbocycles. The summed E-state index contributed by atoms with van der Waals surface area (Å²) in [7, 11) is 0. The number of thioether (sulfide) groups is 1. The molecule has 2 aromatic carbocycles. The summed E-state index contributed by atoms with van der Waals surface area (Å²) in [5.74, 6) is -0.700. The minimum absolute atomic E-state index is 0.103. The van der Waals surface area contributed by atoms with E-state index in [4.69, 9.17) is 0 Å². The summed E-state index contributed by atoms with van der Waals surface area (Å²) in [5.41, 5.74) is 4.13. The first-order chi connectivity index (χ1) is 13.8. The number of amides is 1. The monoisotopic (exact) mass is 408 g/mol. The molecule has 3 aromatic rings. The highest BCUT2D eigenvalue weighted by atomic mass is 32.2. The number of carbonyl (C=O) groups is 2. The maximum Gasteiger partial charge on any atom is 0.258 e. The van der Waals surface area contributed by atoms with Crippen molar-refractivity contribution in [3.63, 3.8) is 0 Å². The van der Waals surface area contributed by atoms with Crippen LogP contribution in [0.2, 0.25) is 0 Å². The maximum absolute atomic E-state index is 13.1. The largest absolute Gasteiger partial charge is 0.322 e. The van der Waals surface area contributed by atoms with Crippen LogP contribution in [0, 0.1) is 26.6 Å². The third kappa shape index (κ3) is 5.09. The number of aryl methyl sites for hydroxylation is 3. The zero-order chi connectivity index (χ0) is 21.0. The van der Waals surface area contributed by atoms with Crippen LogP contribution in [-0.2, 0) is 0 Å². The highest BCUT2D eigenvalue weighted by Crippen LogP contribution is 2.27. The van der Waals surface area contributed by atoms with E-state index < -0.39 is 0 Å². The van der Waals surface area contributed by atoms with Gasteiger partial charge in [-0.2, -0.15) is 0 Å². The molecule has 6 heteroatoms. The van der Waals surface area contributed by atoms with Crippen LogP contribution in [0.5, 0.6) is 0 Å². The molecule has 3 rings (SSSR count). The summed E-state index contributed by atoms with van der Waals surface area (Å²) in [5, 5.41) is 3.44. The number of rotatable bonds is 6. The van der Waals surface area contributed by atoms with Crippen LogP contribution in [0.25, 0.3) is 0 Å². The lowest BCUT2D eigenvalue weighted by Gasteiger charge is -2.14. The Kier molecular flexibility index (Phi) is 6.44. The average molecular weight is 408 g/mol. The molecular formula is C23H21FN2O2S. The number of hydrogen-bond donors (Lipinski definition) is 1. The Balaban J connectivity index is 1.83. The first-order valence-corrected chi connectivity index (χ1v) is 10.1. The van der Waals surface area contributed by atoms with E-state index in [9.17, 15) is 14.0 Å². The number of nitrogens with one attached hydrogen (secondary N) is 1. The quantitative estimate of drug-likeness (QED) is 0.440. The molecule has 0 atom stereocenters. The Hall–Kier alpha value is -2.99. The second kappa shape index (κ2) is 9.01. The minimum Gasteiger partial charge on any atom is -0.322 e. The summed E-state index contributed by atoms with van der Waals surface area (Å²) in [6, 6.07) is 14.8. The van der Waals surface area contributed by atoms with E-state index in [1.165, 1.54) is 36.0 Å². The fraction of sp³-hybridized carbons (Fsp3) is 0.174. The number of halogens is 1. The Labute approximate surface area is 173 Å². The lowest BCUT2D eigenvalue weighted by molar-refractivity contribution is 0.101. The third-order valence-corrected chi connectivity index (χ3v) is 5.41. The summed E-state index contributed by atoms with van der Waals surface area (Å²) >= 11 is 1.21. The smallest absolute Gasteiger partial charge is 0.258 e. The van der Waals surface area contributed by atoms with Gasteiger partial charge in [-0.15, -0.1) is 0 Å². The van der Waals surface area contributed by atoms with Gasteiger partial charge in [-0.05, 0) is 68.3 Å². The van der Waals surface area contributed by atoms with Crippen molar-refractivity contribution in [1.82, 2.24) is 4.98 Å². The molecule has 1 amide bonds. The Morgan fingerprint density at radius 3 is 2.38 bits per heavy atom. The van der Waals surface area contributed by atoms with Crippen molar-refractivity contribution < 1.29 is 14.0 Å². The number of anilines is 1. The highest BCUT2D eigenvalue weighted by Gasteiger charge is 2.19. The molecule has 0 saturated heterocycles. The zero-order valence-electron chi connectivity index (χ0n) is 16.5. The van der Waals surface area contributed by atoms with Crippen LogP contribution in [-0.4, -0.2) is 22.4 Å². The lowest BCUT2D eigenvalue weighted by Crippen LogP contribution is -2.17. The van der Waals surface area contributed by atoms with E-state index in [1.807, 2.05) is 51.1 Å². The van der Waals surface area contributed by atoms with Gasteiger partial charge in [0, 0.05) is 16.9 Å².